The highest BCUT2D eigenvalue weighted by Gasteiger charge is 2.47. The minimum absolute atomic E-state index is 0.272. The summed E-state index contributed by atoms with van der Waals surface area (Å²) >= 11 is 0. The molecule has 0 aromatic rings. The van der Waals surface area contributed by atoms with Crippen LogP contribution in [0.25, 0.3) is 0 Å². The van der Waals surface area contributed by atoms with Crippen LogP contribution in [0.15, 0.2) is 0 Å². The van der Waals surface area contributed by atoms with Gasteiger partial charge in [-0.3, -0.25) is 0 Å². The molecule has 0 amide bonds. The van der Waals surface area contributed by atoms with Crippen LogP contribution in [0.2, 0.25) is 0 Å². The summed E-state index contributed by atoms with van der Waals surface area (Å²) in [6.07, 6.45) is -6.90. The molecule has 4 N–H and O–H groups in total. The second-order valence-electron chi connectivity index (χ2n) is 4.79. The highest BCUT2D eigenvalue weighted by molar-refractivity contribution is 5.73. The molecule has 1 aliphatic rings. The van der Waals surface area contributed by atoms with Crippen LogP contribution in [-0.4, -0.2) is 63.7 Å². The van der Waals surface area contributed by atoms with Crippen LogP contribution in [0.5, 0.6) is 0 Å². The third-order valence-electron chi connectivity index (χ3n) is 2.79. The number of rotatable bonds is 5. The second kappa shape index (κ2) is 6.44. The summed E-state index contributed by atoms with van der Waals surface area (Å²) in [6.45, 7) is 4.24. The van der Waals surface area contributed by atoms with E-state index in [1.165, 1.54) is 0 Å². The molecule has 1 heterocycles. The van der Waals surface area contributed by atoms with Gasteiger partial charge in [0.05, 0.1) is 6.61 Å². The molecule has 0 aromatic heterocycles. The Bertz CT molecular complexity index is 281. The summed E-state index contributed by atoms with van der Waals surface area (Å²) in [5.41, 5.74) is 0. The zero-order valence-corrected chi connectivity index (χ0v) is 10.4. The van der Waals surface area contributed by atoms with Crippen molar-refractivity contribution in [1.82, 2.24) is 0 Å². The molecule has 0 radical (unpaired) electrons. The van der Waals surface area contributed by atoms with Crippen LogP contribution >= 0.6 is 0 Å². The average Bonchev–Trinajstić information content (AvgIpc) is 2.28. The van der Waals surface area contributed by atoms with Crippen molar-refractivity contribution < 1.29 is 34.7 Å². The maximum absolute atomic E-state index is 10.8. The predicted molar refractivity (Wildman–Crippen MR) is 59.7 cm³/mol. The Morgan fingerprint density at radius 2 is 1.83 bits per heavy atom. The Morgan fingerprint density at radius 3 is 2.33 bits per heavy atom. The van der Waals surface area contributed by atoms with Gasteiger partial charge in [-0.05, 0) is 12.3 Å². The van der Waals surface area contributed by atoms with E-state index in [9.17, 15) is 20.1 Å². The van der Waals surface area contributed by atoms with Gasteiger partial charge in [0.15, 0.2) is 12.4 Å². The summed E-state index contributed by atoms with van der Waals surface area (Å²) in [7, 11) is 0. The van der Waals surface area contributed by atoms with Crippen molar-refractivity contribution in [3.63, 3.8) is 0 Å². The minimum Gasteiger partial charge on any atom is -0.479 e. The SMILES string of the molecule is CC(C)CCO[C@@H]1O[C@H](C(=O)O)[C@@H](O)[C@H](O)[C@H]1O. The molecule has 1 saturated heterocycles. The lowest BCUT2D eigenvalue weighted by molar-refractivity contribution is -0.294. The molecule has 1 fully saturated rings. The molecule has 0 unspecified atom stereocenters. The topological polar surface area (TPSA) is 116 Å². The number of carboxylic acid groups (broad SMARTS) is 1. The van der Waals surface area contributed by atoms with E-state index in [0.29, 0.717) is 12.3 Å². The van der Waals surface area contributed by atoms with E-state index in [0.717, 1.165) is 0 Å². The van der Waals surface area contributed by atoms with Crippen molar-refractivity contribution in [2.75, 3.05) is 6.61 Å². The van der Waals surface area contributed by atoms with Crippen LogP contribution < -0.4 is 0 Å². The second-order valence-corrected chi connectivity index (χ2v) is 4.79. The number of hydrogen-bond acceptors (Lipinski definition) is 6. The highest BCUT2D eigenvalue weighted by atomic mass is 16.7. The third-order valence-corrected chi connectivity index (χ3v) is 2.79. The van der Waals surface area contributed by atoms with Crippen molar-refractivity contribution in [2.45, 2.75) is 51.0 Å². The van der Waals surface area contributed by atoms with Crippen LogP contribution in [0, 0.1) is 5.92 Å². The fraction of sp³-hybridized carbons (Fsp3) is 0.909. The number of carboxylic acids is 1. The summed E-state index contributed by atoms with van der Waals surface area (Å²) in [4.78, 5) is 10.8. The van der Waals surface area contributed by atoms with Crippen LogP contribution in [-0.2, 0) is 14.3 Å². The summed E-state index contributed by atoms with van der Waals surface area (Å²) in [5.74, 6) is -1.03. The Labute approximate surface area is 105 Å². The monoisotopic (exact) mass is 264 g/mol. The molecule has 106 valence electrons. The number of aliphatic hydroxyl groups is 3. The van der Waals surface area contributed by atoms with E-state index in [2.05, 4.69) is 0 Å². The maximum Gasteiger partial charge on any atom is 0.335 e. The van der Waals surface area contributed by atoms with Gasteiger partial charge >= 0.3 is 5.97 Å². The van der Waals surface area contributed by atoms with E-state index < -0.39 is 36.7 Å². The zero-order valence-electron chi connectivity index (χ0n) is 10.4. The van der Waals surface area contributed by atoms with E-state index in [1.54, 1.807) is 0 Å². The highest BCUT2D eigenvalue weighted by Crippen LogP contribution is 2.22. The van der Waals surface area contributed by atoms with E-state index >= 15 is 0 Å². The van der Waals surface area contributed by atoms with Gasteiger partial charge in [0.25, 0.3) is 0 Å². The number of aliphatic hydroxyl groups excluding tert-OH is 3. The lowest BCUT2D eigenvalue weighted by atomic mass is 9.99. The molecule has 0 spiro atoms. The molecule has 0 aliphatic carbocycles. The number of aliphatic carboxylic acids is 1. The Morgan fingerprint density at radius 1 is 1.22 bits per heavy atom. The summed E-state index contributed by atoms with van der Waals surface area (Å²) in [6, 6.07) is 0. The first-order valence-electron chi connectivity index (χ1n) is 5.88. The Kier molecular flexibility index (Phi) is 5.48. The van der Waals surface area contributed by atoms with Crippen molar-refractivity contribution in [3.05, 3.63) is 0 Å². The number of ether oxygens (including phenoxy) is 2. The summed E-state index contributed by atoms with van der Waals surface area (Å²) in [5, 5.41) is 37.4. The number of hydrogen-bond donors (Lipinski definition) is 4. The van der Waals surface area contributed by atoms with Gasteiger partial charge in [-0.15, -0.1) is 0 Å². The van der Waals surface area contributed by atoms with Gasteiger partial charge in [-0.2, -0.15) is 0 Å². The van der Waals surface area contributed by atoms with Crippen LogP contribution in [0.1, 0.15) is 20.3 Å². The maximum atomic E-state index is 10.8. The fourth-order valence-corrected chi connectivity index (χ4v) is 1.61. The molecule has 7 heteroatoms. The smallest absolute Gasteiger partial charge is 0.335 e. The molecule has 0 bridgehead atoms. The van der Waals surface area contributed by atoms with E-state index in [-0.39, 0.29) is 6.61 Å². The first kappa shape index (κ1) is 15.3. The lowest BCUT2D eigenvalue weighted by Gasteiger charge is -2.38. The van der Waals surface area contributed by atoms with Crippen molar-refractivity contribution in [1.29, 1.82) is 0 Å². The first-order valence-corrected chi connectivity index (χ1v) is 5.88. The van der Waals surface area contributed by atoms with Crippen molar-refractivity contribution >= 4 is 5.97 Å². The largest absolute Gasteiger partial charge is 0.479 e. The van der Waals surface area contributed by atoms with Crippen molar-refractivity contribution in [2.24, 2.45) is 5.92 Å². The fourth-order valence-electron chi connectivity index (χ4n) is 1.61. The third kappa shape index (κ3) is 3.63. The molecule has 1 rings (SSSR count). The Hall–Kier alpha value is -0.730. The molecule has 5 atom stereocenters. The summed E-state index contributed by atoms with van der Waals surface area (Å²) < 4.78 is 10.1. The van der Waals surface area contributed by atoms with Gasteiger partial charge in [-0.1, -0.05) is 13.8 Å². The number of carbonyl (C=O) groups is 1. The van der Waals surface area contributed by atoms with Crippen LogP contribution in [0.3, 0.4) is 0 Å². The lowest BCUT2D eigenvalue weighted by Crippen LogP contribution is -2.60. The normalized spacial score (nSPS) is 36.9. The molecule has 0 saturated carbocycles. The van der Waals surface area contributed by atoms with Gasteiger partial charge in [0.2, 0.25) is 0 Å². The van der Waals surface area contributed by atoms with Crippen molar-refractivity contribution in [3.8, 4) is 0 Å². The first-order chi connectivity index (χ1) is 8.34. The van der Waals surface area contributed by atoms with Crippen LogP contribution in [0.4, 0.5) is 0 Å². The zero-order chi connectivity index (χ0) is 13.9. The minimum atomic E-state index is -1.68. The van der Waals surface area contributed by atoms with Gasteiger partial charge in [0, 0.05) is 0 Å². The molecule has 7 nitrogen and oxygen atoms in total. The standard InChI is InChI=1S/C11H20O7/c1-5(2)3-4-17-11-8(14)6(12)7(13)9(18-11)10(15)16/h5-9,11-14H,3-4H2,1-2H3,(H,15,16)/t6-,7-,8+,9-,11+/m0/s1. The van der Waals surface area contributed by atoms with Gasteiger partial charge < -0.3 is 29.9 Å². The van der Waals surface area contributed by atoms with Gasteiger partial charge in [-0.25, -0.2) is 4.79 Å². The molecule has 0 aromatic carbocycles. The molecule has 1 aliphatic heterocycles. The predicted octanol–water partition coefficient (Wildman–Crippen LogP) is -1.06. The molecule has 18 heavy (non-hydrogen) atoms. The average molecular weight is 264 g/mol. The Balaban J connectivity index is 2.58. The van der Waals surface area contributed by atoms with E-state index in [1.807, 2.05) is 13.8 Å². The molecular formula is C11H20O7. The molecular weight excluding hydrogens is 244 g/mol. The van der Waals surface area contributed by atoms with Gasteiger partial charge in [0.1, 0.15) is 18.3 Å². The van der Waals surface area contributed by atoms with E-state index in [4.69, 9.17) is 14.6 Å². The quantitative estimate of drug-likeness (QED) is 0.500.